The van der Waals surface area contributed by atoms with Crippen LogP contribution in [0.15, 0.2) is 24.3 Å². The van der Waals surface area contributed by atoms with Gasteiger partial charge in [0.05, 0.1) is 5.92 Å². The topological polar surface area (TPSA) is 46.3 Å². The van der Waals surface area contributed by atoms with Gasteiger partial charge in [0.1, 0.15) is 0 Å². The second-order valence-electron chi connectivity index (χ2n) is 5.81. The molecule has 104 valence electrons. The van der Waals surface area contributed by atoms with E-state index >= 15 is 0 Å². The van der Waals surface area contributed by atoms with Gasteiger partial charge in [0.25, 0.3) is 0 Å². The van der Waals surface area contributed by atoms with Crippen LogP contribution in [0.4, 0.5) is 0 Å². The van der Waals surface area contributed by atoms with Crippen LogP contribution in [0.2, 0.25) is 0 Å². The van der Waals surface area contributed by atoms with E-state index in [0.29, 0.717) is 18.5 Å². The van der Waals surface area contributed by atoms with Gasteiger partial charge in [-0.2, -0.15) is 0 Å². The van der Waals surface area contributed by atoms with Gasteiger partial charge in [0.2, 0.25) is 5.91 Å². The zero-order valence-electron chi connectivity index (χ0n) is 12.1. The van der Waals surface area contributed by atoms with E-state index < -0.39 is 0 Å². The Bertz CT molecular complexity index is 458. The third kappa shape index (κ3) is 2.98. The molecule has 0 bridgehead atoms. The minimum absolute atomic E-state index is 0.0705. The molecule has 0 spiro atoms. The molecule has 1 amide bonds. The molecule has 1 heterocycles. The predicted molar refractivity (Wildman–Crippen MR) is 77.9 cm³/mol. The predicted octanol–water partition coefficient (Wildman–Crippen LogP) is 2.29. The molecule has 3 unspecified atom stereocenters. The minimum Gasteiger partial charge on any atom is -0.339 e. The van der Waals surface area contributed by atoms with E-state index in [1.165, 1.54) is 5.56 Å². The lowest BCUT2D eigenvalue weighted by Gasteiger charge is -2.25. The summed E-state index contributed by atoms with van der Waals surface area (Å²) in [5.41, 5.74) is 8.03. The van der Waals surface area contributed by atoms with Crippen molar-refractivity contribution in [2.24, 2.45) is 11.7 Å². The number of rotatable bonds is 3. The van der Waals surface area contributed by atoms with Gasteiger partial charge in [-0.3, -0.25) is 4.79 Å². The molecule has 1 saturated heterocycles. The van der Waals surface area contributed by atoms with E-state index in [1.807, 2.05) is 24.0 Å². The molecular formula is C16H24N2O. The number of hydrogen-bond acceptors (Lipinski definition) is 2. The zero-order chi connectivity index (χ0) is 14.0. The molecule has 1 aromatic rings. The third-order valence-corrected chi connectivity index (χ3v) is 4.19. The van der Waals surface area contributed by atoms with Crippen molar-refractivity contribution in [3.63, 3.8) is 0 Å². The molecule has 0 saturated carbocycles. The summed E-state index contributed by atoms with van der Waals surface area (Å²) in [4.78, 5) is 14.6. The van der Waals surface area contributed by atoms with Crippen molar-refractivity contribution in [1.82, 2.24) is 4.90 Å². The number of hydrogen-bond donors (Lipinski definition) is 1. The van der Waals surface area contributed by atoms with E-state index in [9.17, 15) is 4.79 Å². The fraction of sp³-hybridized carbons (Fsp3) is 0.562. The fourth-order valence-corrected chi connectivity index (χ4v) is 2.95. The molecule has 2 N–H and O–H groups in total. The lowest BCUT2D eigenvalue weighted by molar-refractivity contribution is -0.133. The van der Waals surface area contributed by atoms with Gasteiger partial charge in [-0.25, -0.2) is 0 Å². The summed E-state index contributed by atoms with van der Waals surface area (Å²) in [6, 6.07) is 8.53. The maximum absolute atomic E-state index is 12.6. The highest BCUT2D eigenvalue weighted by Gasteiger charge is 2.33. The Labute approximate surface area is 115 Å². The Morgan fingerprint density at radius 3 is 2.84 bits per heavy atom. The highest BCUT2D eigenvalue weighted by atomic mass is 16.2. The van der Waals surface area contributed by atoms with E-state index in [4.69, 9.17) is 5.73 Å². The molecular weight excluding hydrogens is 236 g/mol. The van der Waals surface area contributed by atoms with Crippen LogP contribution in [0, 0.1) is 12.8 Å². The van der Waals surface area contributed by atoms with Crippen LogP contribution in [0.1, 0.15) is 37.3 Å². The van der Waals surface area contributed by atoms with Crippen molar-refractivity contribution in [2.75, 3.05) is 13.1 Å². The number of carbonyl (C=O) groups excluding carboxylic acids is 1. The number of likely N-dealkylation sites (tertiary alicyclic amines) is 1. The average Bonchev–Trinajstić information content (AvgIpc) is 2.78. The van der Waals surface area contributed by atoms with E-state index in [-0.39, 0.29) is 11.8 Å². The SMILES string of the molecule is Cc1cccc(C(C)C(=O)N2CC(CN)CC2C)c1. The van der Waals surface area contributed by atoms with Crippen molar-refractivity contribution in [3.05, 3.63) is 35.4 Å². The largest absolute Gasteiger partial charge is 0.339 e. The van der Waals surface area contributed by atoms with Crippen molar-refractivity contribution in [1.29, 1.82) is 0 Å². The lowest BCUT2D eigenvalue weighted by atomic mass is 9.98. The third-order valence-electron chi connectivity index (χ3n) is 4.19. The van der Waals surface area contributed by atoms with Crippen molar-refractivity contribution in [3.8, 4) is 0 Å². The number of aryl methyl sites for hydroxylation is 1. The molecule has 19 heavy (non-hydrogen) atoms. The monoisotopic (exact) mass is 260 g/mol. The number of nitrogens with zero attached hydrogens (tertiary/aromatic N) is 1. The highest BCUT2D eigenvalue weighted by molar-refractivity contribution is 5.84. The van der Waals surface area contributed by atoms with Crippen LogP contribution in [0.5, 0.6) is 0 Å². The van der Waals surface area contributed by atoms with Gasteiger partial charge in [-0.15, -0.1) is 0 Å². The molecule has 3 nitrogen and oxygen atoms in total. The minimum atomic E-state index is -0.0705. The first-order valence-electron chi connectivity index (χ1n) is 7.10. The summed E-state index contributed by atoms with van der Waals surface area (Å²) in [5, 5.41) is 0. The van der Waals surface area contributed by atoms with Crippen molar-refractivity contribution in [2.45, 2.75) is 39.2 Å². The van der Waals surface area contributed by atoms with Crippen LogP contribution in [0.3, 0.4) is 0 Å². The average molecular weight is 260 g/mol. The van der Waals surface area contributed by atoms with E-state index in [1.54, 1.807) is 0 Å². The van der Waals surface area contributed by atoms with Crippen LogP contribution >= 0.6 is 0 Å². The maximum Gasteiger partial charge on any atom is 0.230 e. The molecule has 0 aromatic heterocycles. The molecule has 1 fully saturated rings. The molecule has 0 aliphatic carbocycles. The van der Waals surface area contributed by atoms with Gasteiger partial charge in [0.15, 0.2) is 0 Å². The number of carbonyl (C=O) groups is 1. The fourth-order valence-electron chi connectivity index (χ4n) is 2.95. The Balaban J connectivity index is 2.11. The molecule has 3 atom stereocenters. The van der Waals surface area contributed by atoms with Gasteiger partial charge in [0, 0.05) is 12.6 Å². The summed E-state index contributed by atoms with van der Waals surface area (Å²) < 4.78 is 0. The summed E-state index contributed by atoms with van der Waals surface area (Å²) in [6.07, 6.45) is 1.03. The second kappa shape index (κ2) is 5.74. The van der Waals surface area contributed by atoms with Crippen molar-refractivity contribution >= 4 is 5.91 Å². The van der Waals surface area contributed by atoms with E-state index in [0.717, 1.165) is 18.5 Å². The van der Waals surface area contributed by atoms with Crippen LogP contribution < -0.4 is 5.73 Å². The quantitative estimate of drug-likeness (QED) is 0.906. The van der Waals surface area contributed by atoms with Gasteiger partial charge < -0.3 is 10.6 Å². The summed E-state index contributed by atoms with van der Waals surface area (Å²) in [7, 11) is 0. The van der Waals surface area contributed by atoms with Crippen LogP contribution in [-0.4, -0.2) is 29.9 Å². The first kappa shape index (κ1) is 14.1. The first-order chi connectivity index (χ1) is 9.02. The van der Waals surface area contributed by atoms with Gasteiger partial charge in [-0.1, -0.05) is 29.8 Å². The molecule has 0 radical (unpaired) electrons. The summed E-state index contributed by atoms with van der Waals surface area (Å²) >= 11 is 0. The molecule has 1 aromatic carbocycles. The standard InChI is InChI=1S/C16H24N2O/c1-11-5-4-6-15(7-11)13(3)16(19)18-10-14(9-17)8-12(18)2/h4-7,12-14H,8-10,17H2,1-3H3. The first-order valence-corrected chi connectivity index (χ1v) is 7.10. The zero-order valence-corrected chi connectivity index (χ0v) is 12.1. The normalized spacial score (nSPS) is 24.5. The van der Waals surface area contributed by atoms with Crippen LogP contribution in [-0.2, 0) is 4.79 Å². The molecule has 1 aliphatic rings. The number of benzene rings is 1. The Hall–Kier alpha value is -1.35. The Kier molecular flexibility index (Phi) is 4.25. The van der Waals surface area contributed by atoms with Gasteiger partial charge >= 0.3 is 0 Å². The second-order valence-corrected chi connectivity index (χ2v) is 5.81. The number of amides is 1. The molecule has 1 aliphatic heterocycles. The van der Waals surface area contributed by atoms with Gasteiger partial charge in [-0.05, 0) is 45.2 Å². The highest BCUT2D eigenvalue weighted by Crippen LogP contribution is 2.27. The smallest absolute Gasteiger partial charge is 0.230 e. The van der Waals surface area contributed by atoms with Crippen molar-refractivity contribution < 1.29 is 4.79 Å². The molecule has 3 heteroatoms. The number of nitrogens with two attached hydrogens (primary N) is 1. The lowest BCUT2D eigenvalue weighted by Crippen LogP contribution is -2.37. The van der Waals surface area contributed by atoms with Crippen LogP contribution in [0.25, 0.3) is 0 Å². The Morgan fingerprint density at radius 2 is 2.26 bits per heavy atom. The Morgan fingerprint density at radius 1 is 1.53 bits per heavy atom. The molecule has 2 rings (SSSR count). The van der Waals surface area contributed by atoms with E-state index in [2.05, 4.69) is 26.0 Å². The maximum atomic E-state index is 12.6. The summed E-state index contributed by atoms with van der Waals surface area (Å²) in [5.74, 6) is 0.622. The summed E-state index contributed by atoms with van der Waals surface area (Å²) in [6.45, 7) is 7.67.